The number of rotatable bonds is 4. The average Bonchev–Trinajstić information content (AvgIpc) is 3.22. The standard InChI is InChI=1S/C19H24N4O3/c1-14(18(24)21-16-6-3-2-5-15(16)13-20)22-8-10-23(11-9-22)19(25)17-7-4-12-26-17/h2-3,5-6,14,17H,4,7-12H2,1H3,(H,21,24)/t14-,17+/m0/s1. The van der Waals surface area contributed by atoms with Crippen LogP contribution in [0.4, 0.5) is 5.69 Å². The van der Waals surface area contributed by atoms with Gasteiger partial charge in [0.25, 0.3) is 5.91 Å². The first-order chi connectivity index (χ1) is 12.6. The fourth-order valence-corrected chi connectivity index (χ4v) is 3.40. The molecule has 26 heavy (non-hydrogen) atoms. The summed E-state index contributed by atoms with van der Waals surface area (Å²) in [6.07, 6.45) is 1.46. The molecule has 138 valence electrons. The quantitative estimate of drug-likeness (QED) is 0.876. The van der Waals surface area contributed by atoms with Gasteiger partial charge in [0.1, 0.15) is 12.2 Å². The van der Waals surface area contributed by atoms with Crippen molar-refractivity contribution < 1.29 is 14.3 Å². The van der Waals surface area contributed by atoms with Crippen LogP contribution in [0.2, 0.25) is 0 Å². The zero-order chi connectivity index (χ0) is 18.5. The summed E-state index contributed by atoms with van der Waals surface area (Å²) in [5.41, 5.74) is 0.971. The minimum absolute atomic E-state index is 0.0715. The second kappa shape index (κ2) is 8.30. The molecule has 2 heterocycles. The lowest BCUT2D eigenvalue weighted by Crippen LogP contribution is -2.55. The molecule has 7 nitrogen and oxygen atoms in total. The zero-order valence-corrected chi connectivity index (χ0v) is 15.0. The molecule has 1 N–H and O–H groups in total. The van der Waals surface area contributed by atoms with Crippen LogP contribution < -0.4 is 5.32 Å². The molecule has 0 aliphatic carbocycles. The molecule has 2 saturated heterocycles. The molecule has 2 aliphatic rings. The number of hydrogen-bond donors (Lipinski definition) is 1. The number of ether oxygens (including phenoxy) is 1. The highest BCUT2D eigenvalue weighted by molar-refractivity contribution is 5.95. The number of piperazine rings is 1. The highest BCUT2D eigenvalue weighted by Gasteiger charge is 2.32. The van der Waals surface area contributed by atoms with Crippen molar-refractivity contribution in [3.8, 4) is 6.07 Å². The second-order valence-corrected chi connectivity index (χ2v) is 6.69. The monoisotopic (exact) mass is 356 g/mol. The van der Waals surface area contributed by atoms with Crippen LogP contribution in [0.3, 0.4) is 0 Å². The molecule has 0 unspecified atom stereocenters. The van der Waals surface area contributed by atoms with Crippen molar-refractivity contribution in [1.82, 2.24) is 9.80 Å². The average molecular weight is 356 g/mol. The molecule has 0 spiro atoms. The van der Waals surface area contributed by atoms with Crippen LogP contribution in [0.5, 0.6) is 0 Å². The van der Waals surface area contributed by atoms with Gasteiger partial charge in [-0.2, -0.15) is 5.26 Å². The number of hydrogen-bond acceptors (Lipinski definition) is 5. The normalized spacial score (nSPS) is 21.8. The van der Waals surface area contributed by atoms with Crippen molar-refractivity contribution in [1.29, 1.82) is 5.26 Å². The highest BCUT2D eigenvalue weighted by Crippen LogP contribution is 2.18. The van der Waals surface area contributed by atoms with Gasteiger partial charge < -0.3 is 15.0 Å². The van der Waals surface area contributed by atoms with Crippen LogP contribution in [0.1, 0.15) is 25.3 Å². The number of nitrogens with one attached hydrogen (secondary N) is 1. The van der Waals surface area contributed by atoms with Gasteiger partial charge in [0.15, 0.2) is 0 Å². The van der Waals surface area contributed by atoms with Gasteiger partial charge in [-0.15, -0.1) is 0 Å². The van der Waals surface area contributed by atoms with Crippen molar-refractivity contribution in [3.63, 3.8) is 0 Å². The lowest BCUT2D eigenvalue weighted by Gasteiger charge is -2.38. The number of anilines is 1. The molecule has 0 bridgehead atoms. The Morgan fingerprint density at radius 1 is 1.27 bits per heavy atom. The first-order valence-electron chi connectivity index (χ1n) is 9.04. The molecule has 7 heteroatoms. The van der Waals surface area contributed by atoms with E-state index in [0.29, 0.717) is 44.0 Å². The number of nitriles is 1. The Balaban J connectivity index is 1.53. The molecule has 3 rings (SSSR count). The molecule has 0 saturated carbocycles. The Morgan fingerprint density at radius 3 is 2.65 bits per heavy atom. The van der Waals surface area contributed by atoms with Crippen LogP contribution in [-0.2, 0) is 14.3 Å². The van der Waals surface area contributed by atoms with Crippen molar-refractivity contribution in [2.45, 2.75) is 31.9 Å². The molecule has 2 aliphatic heterocycles. The van der Waals surface area contributed by atoms with E-state index in [1.54, 1.807) is 24.3 Å². The van der Waals surface area contributed by atoms with E-state index in [-0.39, 0.29) is 24.0 Å². The van der Waals surface area contributed by atoms with E-state index >= 15 is 0 Å². The molecule has 1 aromatic rings. The smallest absolute Gasteiger partial charge is 0.251 e. The van der Waals surface area contributed by atoms with Crippen molar-refractivity contribution >= 4 is 17.5 Å². The van der Waals surface area contributed by atoms with Crippen LogP contribution >= 0.6 is 0 Å². The SMILES string of the molecule is C[C@@H](C(=O)Nc1ccccc1C#N)N1CCN(C(=O)[C@H]2CCCO2)CC1. The third-order valence-corrected chi connectivity index (χ3v) is 5.06. The fraction of sp³-hybridized carbons (Fsp3) is 0.526. The fourth-order valence-electron chi connectivity index (χ4n) is 3.40. The predicted molar refractivity (Wildman–Crippen MR) is 96.4 cm³/mol. The van der Waals surface area contributed by atoms with Crippen molar-refractivity contribution in [2.75, 3.05) is 38.1 Å². The minimum Gasteiger partial charge on any atom is -0.368 e. The topological polar surface area (TPSA) is 85.7 Å². The van der Waals surface area contributed by atoms with Gasteiger partial charge >= 0.3 is 0 Å². The van der Waals surface area contributed by atoms with E-state index in [0.717, 1.165) is 12.8 Å². The first kappa shape index (κ1) is 18.4. The Bertz CT molecular complexity index is 701. The minimum atomic E-state index is -0.332. The van der Waals surface area contributed by atoms with Crippen LogP contribution in [0.25, 0.3) is 0 Å². The van der Waals surface area contributed by atoms with Gasteiger partial charge in [-0.3, -0.25) is 14.5 Å². The van der Waals surface area contributed by atoms with E-state index in [1.165, 1.54) is 0 Å². The lowest BCUT2D eigenvalue weighted by atomic mass is 10.1. The van der Waals surface area contributed by atoms with Gasteiger partial charge in [0.05, 0.1) is 17.3 Å². The van der Waals surface area contributed by atoms with Crippen LogP contribution in [-0.4, -0.2) is 66.5 Å². The van der Waals surface area contributed by atoms with Crippen molar-refractivity contribution in [3.05, 3.63) is 29.8 Å². The lowest BCUT2D eigenvalue weighted by molar-refractivity contribution is -0.143. The third kappa shape index (κ3) is 4.03. The second-order valence-electron chi connectivity index (χ2n) is 6.69. The summed E-state index contributed by atoms with van der Waals surface area (Å²) in [5.74, 6) is -0.0752. The summed E-state index contributed by atoms with van der Waals surface area (Å²) in [6.45, 7) is 5.01. The number of benzene rings is 1. The third-order valence-electron chi connectivity index (χ3n) is 5.06. The maximum Gasteiger partial charge on any atom is 0.251 e. The van der Waals surface area contributed by atoms with Crippen LogP contribution in [0, 0.1) is 11.3 Å². The number of para-hydroxylation sites is 1. The summed E-state index contributed by atoms with van der Waals surface area (Å²) in [7, 11) is 0. The summed E-state index contributed by atoms with van der Waals surface area (Å²) in [6, 6.07) is 8.70. The van der Waals surface area contributed by atoms with E-state index in [1.807, 2.05) is 11.8 Å². The number of carbonyl (C=O) groups is 2. The molecule has 0 radical (unpaired) electrons. The Labute approximate surface area is 153 Å². The van der Waals surface area contributed by atoms with E-state index in [2.05, 4.69) is 16.3 Å². The molecular weight excluding hydrogens is 332 g/mol. The van der Waals surface area contributed by atoms with E-state index in [9.17, 15) is 9.59 Å². The van der Waals surface area contributed by atoms with Gasteiger partial charge in [-0.1, -0.05) is 12.1 Å². The Kier molecular flexibility index (Phi) is 5.86. The molecule has 1 aromatic carbocycles. The Morgan fingerprint density at radius 2 is 2.00 bits per heavy atom. The maximum atomic E-state index is 12.5. The van der Waals surface area contributed by atoms with Gasteiger partial charge in [0.2, 0.25) is 5.91 Å². The zero-order valence-electron chi connectivity index (χ0n) is 15.0. The molecule has 2 amide bonds. The van der Waals surface area contributed by atoms with Gasteiger partial charge in [0, 0.05) is 32.8 Å². The highest BCUT2D eigenvalue weighted by atomic mass is 16.5. The predicted octanol–water partition coefficient (Wildman–Crippen LogP) is 1.21. The number of carbonyl (C=O) groups excluding carboxylic acids is 2. The largest absolute Gasteiger partial charge is 0.368 e. The Hall–Kier alpha value is -2.43. The first-order valence-corrected chi connectivity index (χ1v) is 9.04. The van der Waals surface area contributed by atoms with Gasteiger partial charge in [-0.25, -0.2) is 0 Å². The molecular formula is C19H24N4O3. The van der Waals surface area contributed by atoms with Gasteiger partial charge in [-0.05, 0) is 31.9 Å². The van der Waals surface area contributed by atoms with E-state index in [4.69, 9.17) is 10.00 Å². The summed E-state index contributed by atoms with van der Waals surface area (Å²) in [5, 5.41) is 12.0. The van der Waals surface area contributed by atoms with Crippen LogP contribution in [0.15, 0.2) is 24.3 Å². The number of amides is 2. The van der Waals surface area contributed by atoms with E-state index < -0.39 is 0 Å². The summed E-state index contributed by atoms with van der Waals surface area (Å²) >= 11 is 0. The molecule has 2 atom stereocenters. The van der Waals surface area contributed by atoms with Crippen molar-refractivity contribution in [2.24, 2.45) is 0 Å². The maximum absolute atomic E-state index is 12.5. The molecule has 0 aromatic heterocycles. The molecule has 2 fully saturated rings. The summed E-state index contributed by atoms with van der Waals surface area (Å²) in [4.78, 5) is 28.8. The summed E-state index contributed by atoms with van der Waals surface area (Å²) < 4.78 is 5.47. The number of nitrogens with zero attached hydrogens (tertiary/aromatic N) is 3.